The summed E-state index contributed by atoms with van der Waals surface area (Å²) in [6.45, 7) is 1.93. The van der Waals surface area contributed by atoms with Crippen molar-refractivity contribution in [1.82, 2.24) is 9.72 Å². The summed E-state index contributed by atoms with van der Waals surface area (Å²) in [4.78, 5) is 13.1. The molecule has 5 aromatic rings. The van der Waals surface area contributed by atoms with Crippen LogP contribution in [0.2, 0.25) is 5.02 Å². The van der Waals surface area contributed by atoms with Crippen molar-refractivity contribution in [3.8, 4) is 22.6 Å². The number of sulfonamides is 1. The minimum atomic E-state index is -3.92. The summed E-state index contributed by atoms with van der Waals surface area (Å²) in [6, 6.07) is 20.1. The molecule has 0 fully saturated rings. The van der Waals surface area contributed by atoms with Crippen LogP contribution in [0.5, 0.6) is 5.75 Å². The molecule has 0 spiro atoms. The molecule has 182 valence electrons. The molecule has 8 nitrogen and oxygen atoms in total. The van der Waals surface area contributed by atoms with E-state index < -0.39 is 10.0 Å². The first kappa shape index (κ1) is 23.7. The first-order valence-corrected chi connectivity index (χ1v) is 12.7. The molecule has 2 heterocycles. The van der Waals surface area contributed by atoms with Gasteiger partial charge in [0, 0.05) is 22.5 Å². The van der Waals surface area contributed by atoms with Crippen molar-refractivity contribution in [3.63, 3.8) is 0 Å². The smallest absolute Gasteiger partial charge is 0.263 e. The number of nitrogens with one attached hydrogen (secondary N) is 1. The monoisotopic (exact) mass is 521 g/mol. The third-order valence-electron chi connectivity index (χ3n) is 5.78. The van der Waals surface area contributed by atoms with Crippen LogP contribution < -0.4 is 15.0 Å². The van der Waals surface area contributed by atoms with E-state index in [0.29, 0.717) is 27.4 Å². The largest absolute Gasteiger partial charge is 0.495 e. The van der Waals surface area contributed by atoms with Crippen LogP contribution in [0.4, 0.5) is 5.82 Å². The van der Waals surface area contributed by atoms with Crippen LogP contribution in [0.3, 0.4) is 0 Å². The molecule has 1 N–H and O–H groups in total. The van der Waals surface area contributed by atoms with Gasteiger partial charge < -0.3 is 9.26 Å². The number of benzene rings is 3. The fourth-order valence-corrected chi connectivity index (χ4v) is 5.13. The van der Waals surface area contributed by atoms with Crippen molar-refractivity contribution < 1.29 is 17.7 Å². The van der Waals surface area contributed by atoms with Crippen molar-refractivity contribution >= 4 is 38.3 Å². The van der Waals surface area contributed by atoms with E-state index in [2.05, 4.69) is 14.4 Å². The molecule has 0 radical (unpaired) electrons. The molecule has 5 rings (SSSR count). The summed E-state index contributed by atoms with van der Waals surface area (Å²) in [7, 11) is -2.40. The summed E-state index contributed by atoms with van der Waals surface area (Å²) in [5.74, 6) is 0.550. The Kier molecular flexibility index (Phi) is 6.03. The normalized spacial score (nSPS) is 11.5. The van der Waals surface area contributed by atoms with Gasteiger partial charge in [-0.3, -0.25) is 14.1 Å². The van der Waals surface area contributed by atoms with Crippen LogP contribution >= 0.6 is 11.6 Å². The average molecular weight is 522 g/mol. The summed E-state index contributed by atoms with van der Waals surface area (Å²) in [5.41, 5.74) is 3.42. The number of ether oxygens (including phenoxy) is 1. The number of hydrogen-bond donors (Lipinski definition) is 1. The second-order valence-corrected chi connectivity index (χ2v) is 10.2. The lowest BCUT2D eigenvalue weighted by Gasteiger charge is -2.16. The van der Waals surface area contributed by atoms with Gasteiger partial charge in [-0.05, 0) is 66.1 Å². The molecule has 0 atom stereocenters. The van der Waals surface area contributed by atoms with Gasteiger partial charge in [0.1, 0.15) is 12.0 Å². The van der Waals surface area contributed by atoms with Crippen LogP contribution in [0.25, 0.3) is 27.7 Å². The molecule has 0 aliphatic heterocycles. The number of pyridine rings is 1. The SMILES string of the molecule is COc1ccc(-c2ccc(C)c(Cl)c2)cc1-n1c(=O)ccc2cc(S(=O)(=O)Nc3ccon3)ccc21. The minimum absolute atomic E-state index is 0.0122. The van der Waals surface area contributed by atoms with Crippen LogP contribution in [0, 0.1) is 6.92 Å². The highest BCUT2D eigenvalue weighted by Crippen LogP contribution is 2.32. The molecular formula is C26H20ClN3O5S. The van der Waals surface area contributed by atoms with Gasteiger partial charge in [-0.1, -0.05) is 35.0 Å². The maximum absolute atomic E-state index is 13.1. The van der Waals surface area contributed by atoms with E-state index in [-0.39, 0.29) is 16.3 Å². The van der Waals surface area contributed by atoms with E-state index in [1.54, 1.807) is 18.2 Å². The van der Waals surface area contributed by atoms with Crippen molar-refractivity contribution in [3.05, 3.63) is 100.0 Å². The summed E-state index contributed by atoms with van der Waals surface area (Å²) in [6.07, 6.45) is 1.27. The van der Waals surface area contributed by atoms with Crippen LogP contribution in [-0.4, -0.2) is 25.3 Å². The first-order chi connectivity index (χ1) is 17.3. The standard InChI is InChI=1S/C26H20ClN3O5S/c1-16-3-4-17(14-21(16)27)18-5-9-24(34-2)23(15-18)30-22-8-7-20(13-19(22)6-10-26(30)31)36(32,33)29-25-11-12-35-28-25/h3-15H,1-2H3,(H,28,29). The fourth-order valence-electron chi connectivity index (χ4n) is 3.92. The maximum Gasteiger partial charge on any atom is 0.263 e. The molecule has 0 aliphatic carbocycles. The quantitative estimate of drug-likeness (QED) is 0.320. The molecule has 0 unspecified atom stereocenters. The van der Waals surface area contributed by atoms with Gasteiger partial charge in [0.05, 0.1) is 23.2 Å². The number of rotatable bonds is 6. The van der Waals surface area contributed by atoms with E-state index in [1.165, 1.54) is 42.2 Å². The van der Waals surface area contributed by atoms with Gasteiger partial charge in [-0.15, -0.1) is 0 Å². The molecule has 0 amide bonds. The second-order valence-electron chi connectivity index (χ2n) is 8.07. The van der Waals surface area contributed by atoms with Gasteiger partial charge in [0.15, 0.2) is 5.82 Å². The zero-order chi connectivity index (χ0) is 25.4. The van der Waals surface area contributed by atoms with E-state index in [4.69, 9.17) is 16.3 Å². The Hall–Kier alpha value is -4.08. The van der Waals surface area contributed by atoms with E-state index in [0.717, 1.165) is 16.7 Å². The predicted octanol–water partition coefficient (Wildman–Crippen LogP) is 5.42. The van der Waals surface area contributed by atoms with Gasteiger partial charge in [-0.2, -0.15) is 0 Å². The lowest BCUT2D eigenvalue weighted by molar-refractivity contribution is 0.413. The lowest BCUT2D eigenvalue weighted by Crippen LogP contribution is -2.19. The van der Waals surface area contributed by atoms with Crippen LogP contribution in [0.15, 0.2) is 93.3 Å². The maximum atomic E-state index is 13.1. The summed E-state index contributed by atoms with van der Waals surface area (Å²) in [5, 5.41) is 4.77. The zero-order valence-electron chi connectivity index (χ0n) is 19.2. The van der Waals surface area contributed by atoms with Crippen LogP contribution in [-0.2, 0) is 10.0 Å². The van der Waals surface area contributed by atoms with E-state index in [1.807, 2.05) is 37.3 Å². The topological polar surface area (TPSA) is 103 Å². The third-order valence-corrected chi connectivity index (χ3v) is 7.54. The Labute approximate surface area is 211 Å². The molecule has 10 heteroatoms. The third kappa shape index (κ3) is 4.34. The second kappa shape index (κ2) is 9.18. The van der Waals surface area contributed by atoms with Crippen LogP contribution in [0.1, 0.15) is 5.56 Å². The Morgan fingerprint density at radius 2 is 1.75 bits per heavy atom. The number of halogens is 1. The number of aromatic nitrogens is 2. The number of nitrogens with zero attached hydrogens (tertiary/aromatic N) is 2. The molecule has 0 saturated heterocycles. The highest BCUT2D eigenvalue weighted by molar-refractivity contribution is 7.92. The number of methoxy groups -OCH3 is 1. The van der Waals surface area contributed by atoms with Crippen molar-refractivity contribution in [1.29, 1.82) is 0 Å². The van der Waals surface area contributed by atoms with Gasteiger partial charge in [-0.25, -0.2) is 8.42 Å². The van der Waals surface area contributed by atoms with Gasteiger partial charge in [0.25, 0.3) is 15.6 Å². The van der Waals surface area contributed by atoms with Crippen molar-refractivity contribution in [2.45, 2.75) is 11.8 Å². The van der Waals surface area contributed by atoms with Gasteiger partial charge >= 0.3 is 0 Å². The number of fused-ring (bicyclic) bond motifs is 1. The molecule has 0 aliphatic rings. The highest BCUT2D eigenvalue weighted by atomic mass is 35.5. The summed E-state index contributed by atoms with van der Waals surface area (Å²) < 4.78 is 39.8. The molecular weight excluding hydrogens is 502 g/mol. The van der Waals surface area contributed by atoms with Gasteiger partial charge in [0.2, 0.25) is 0 Å². The van der Waals surface area contributed by atoms with Crippen molar-refractivity contribution in [2.24, 2.45) is 0 Å². The first-order valence-electron chi connectivity index (χ1n) is 10.8. The van der Waals surface area contributed by atoms with Crippen molar-refractivity contribution in [2.75, 3.05) is 11.8 Å². The Morgan fingerprint density at radius 1 is 0.972 bits per heavy atom. The summed E-state index contributed by atoms with van der Waals surface area (Å²) >= 11 is 6.34. The molecule has 36 heavy (non-hydrogen) atoms. The average Bonchev–Trinajstić information content (AvgIpc) is 3.37. The molecule has 2 aromatic heterocycles. The number of anilines is 1. The Morgan fingerprint density at radius 3 is 2.47 bits per heavy atom. The van der Waals surface area contributed by atoms with E-state index >= 15 is 0 Å². The Bertz CT molecular complexity index is 1760. The lowest BCUT2D eigenvalue weighted by atomic mass is 10.0. The highest BCUT2D eigenvalue weighted by Gasteiger charge is 2.18. The molecule has 3 aromatic carbocycles. The number of hydrogen-bond acceptors (Lipinski definition) is 6. The number of aryl methyl sites for hydroxylation is 1. The zero-order valence-corrected chi connectivity index (χ0v) is 20.8. The fraction of sp³-hybridized carbons (Fsp3) is 0.0769. The predicted molar refractivity (Wildman–Crippen MR) is 139 cm³/mol. The van der Waals surface area contributed by atoms with E-state index in [9.17, 15) is 13.2 Å². The minimum Gasteiger partial charge on any atom is -0.495 e. The Balaban J connectivity index is 1.66. The molecule has 0 saturated carbocycles. The molecule has 0 bridgehead atoms.